The molecule has 8 heteroatoms. The standard InChI is InChI=1S/C15H14N4O2S2/c1-9(2)10-3-5-11(6-4-10)12(20)8-22-15-18-19-13(21)7-16-17-14(19)23-15/h3-7,9H,8H2,1-2H3. The SMILES string of the molecule is CC(C)c1ccc(C(=O)CSc2nn3c(=O)cnnc3s2)cc1. The van der Waals surface area contributed by atoms with Gasteiger partial charge in [-0.05, 0) is 11.5 Å². The summed E-state index contributed by atoms with van der Waals surface area (Å²) in [6, 6.07) is 7.67. The Labute approximate surface area is 140 Å². The van der Waals surface area contributed by atoms with E-state index in [0.717, 1.165) is 6.20 Å². The van der Waals surface area contributed by atoms with E-state index in [1.807, 2.05) is 24.3 Å². The van der Waals surface area contributed by atoms with E-state index in [1.165, 1.54) is 33.2 Å². The van der Waals surface area contributed by atoms with E-state index < -0.39 is 0 Å². The first-order valence-electron chi connectivity index (χ1n) is 7.02. The van der Waals surface area contributed by atoms with E-state index in [4.69, 9.17) is 0 Å². The molecule has 0 N–H and O–H groups in total. The molecule has 0 radical (unpaired) electrons. The maximum atomic E-state index is 12.2. The molecule has 3 aromatic rings. The molecule has 0 amide bonds. The predicted molar refractivity (Wildman–Crippen MR) is 90.5 cm³/mol. The zero-order valence-corrected chi connectivity index (χ0v) is 14.2. The second-order valence-electron chi connectivity index (χ2n) is 5.23. The van der Waals surface area contributed by atoms with Crippen LogP contribution in [-0.2, 0) is 0 Å². The molecule has 0 spiro atoms. The molecule has 0 saturated carbocycles. The highest BCUT2D eigenvalue weighted by Crippen LogP contribution is 2.24. The number of hydrogen-bond acceptors (Lipinski definition) is 7. The average Bonchev–Trinajstić information content (AvgIpc) is 2.97. The number of thioether (sulfide) groups is 1. The van der Waals surface area contributed by atoms with Crippen LogP contribution < -0.4 is 5.56 Å². The van der Waals surface area contributed by atoms with E-state index in [-0.39, 0.29) is 17.1 Å². The lowest BCUT2D eigenvalue weighted by Crippen LogP contribution is -2.14. The number of rotatable bonds is 5. The Morgan fingerprint density at radius 1 is 1.30 bits per heavy atom. The Hall–Kier alpha value is -2.06. The van der Waals surface area contributed by atoms with Crippen LogP contribution in [0.1, 0.15) is 35.7 Å². The molecular formula is C15H14N4O2S2. The van der Waals surface area contributed by atoms with Crippen molar-refractivity contribution in [3.8, 4) is 0 Å². The predicted octanol–water partition coefficient (Wildman–Crippen LogP) is 2.64. The third-order valence-electron chi connectivity index (χ3n) is 3.29. The van der Waals surface area contributed by atoms with Crippen LogP contribution in [0.4, 0.5) is 0 Å². The summed E-state index contributed by atoms with van der Waals surface area (Å²) in [6.45, 7) is 4.23. The summed E-state index contributed by atoms with van der Waals surface area (Å²) in [5.41, 5.74) is 1.56. The lowest BCUT2D eigenvalue weighted by molar-refractivity contribution is 0.102. The quantitative estimate of drug-likeness (QED) is 0.522. The number of nitrogens with zero attached hydrogens (tertiary/aromatic N) is 4. The lowest BCUT2D eigenvalue weighted by Gasteiger charge is -2.05. The smallest absolute Gasteiger partial charge is 0.293 e. The zero-order valence-electron chi connectivity index (χ0n) is 12.6. The van der Waals surface area contributed by atoms with Crippen LogP contribution in [0, 0.1) is 0 Å². The van der Waals surface area contributed by atoms with E-state index in [2.05, 4.69) is 29.1 Å². The summed E-state index contributed by atoms with van der Waals surface area (Å²) in [4.78, 5) is 24.2. The number of fused-ring (bicyclic) bond motifs is 1. The molecule has 1 aromatic carbocycles. The molecule has 23 heavy (non-hydrogen) atoms. The lowest BCUT2D eigenvalue weighted by atomic mass is 10.0. The van der Waals surface area contributed by atoms with Gasteiger partial charge in [-0.3, -0.25) is 9.59 Å². The third-order valence-corrected chi connectivity index (χ3v) is 5.32. The normalized spacial score (nSPS) is 11.3. The first-order chi connectivity index (χ1) is 11.0. The third kappa shape index (κ3) is 3.48. The van der Waals surface area contributed by atoms with Crippen LogP contribution in [0.5, 0.6) is 0 Å². The highest BCUT2D eigenvalue weighted by molar-refractivity contribution is 8.01. The van der Waals surface area contributed by atoms with Gasteiger partial charge in [0.05, 0.1) is 5.75 Å². The van der Waals surface area contributed by atoms with Crippen molar-refractivity contribution < 1.29 is 4.79 Å². The second-order valence-corrected chi connectivity index (χ2v) is 7.41. The molecule has 0 unspecified atom stereocenters. The number of ketones is 1. The van der Waals surface area contributed by atoms with Crippen molar-refractivity contribution in [3.63, 3.8) is 0 Å². The van der Waals surface area contributed by atoms with Crippen molar-refractivity contribution in [2.24, 2.45) is 0 Å². The maximum Gasteiger partial charge on any atom is 0.293 e. The van der Waals surface area contributed by atoms with Crippen molar-refractivity contribution in [1.82, 2.24) is 19.8 Å². The number of Topliss-reactive ketones (excluding diaryl/α,β-unsaturated/α-hetero) is 1. The van der Waals surface area contributed by atoms with Crippen LogP contribution in [0.3, 0.4) is 0 Å². The fourth-order valence-electron chi connectivity index (χ4n) is 1.98. The minimum absolute atomic E-state index is 0.0305. The molecule has 3 rings (SSSR count). The van der Waals surface area contributed by atoms with Gasteiger partial charge in [-0.2, -0.15) is 9.61 Å². The summed E-state index contributed by atoms with van der Waals surface area (Å²) in [5.74, 6) is 0.738. The van der Waals surface area contributed by atoms with Gasteiger partial charge in [0.2, 0.25) is 4.96 Å². The molecule has 0 fully saturated rings. The van der Waals surface area contributed by atoms with Gasteiger partial charge in [-0.15, -0.1) is 10.2 Å². The number of hydrogen-bond donors (Lipinski definition) is 0. The number of carbonyl (C=O) groups is 1. The molecule has 6 nitrogen and oxygen atoms in total. The first-order valence-corrected chi connectivity index (χ1v) is 8.82. The molecule has 2 heterocycles. The van der Waals surface area contributed by atoms with Crippen molar-refractivity contribution in [2.75, 3.05) is 5.75 Å². The fraction of sp³-hybridized carbons (Fsp3) is 0.267. The minimum Gasteiger partial charge on any atom is -0.293 e. The Bertz CT molecular complexity index is 900. The fourth-order valence-corrected chi connectivity index (χ4v) is 3.76. The van der Waals surface area contributed by atoms with Crippen LogP contribution in [-0.4, -0.2) is 31.3 Å². The van der Waals surface area contributed by atoms with Crippen molar-refractivity contribution in [3.05, 3.63) is 51.9 Å². The van der Waals surface area contributed by atoms with Gasteiger partial charge in [0.15, 0.2) is 10.1 Å². The summed E-state index contributed by atoms with van der Waals surface area (Å²) in [6.07, 6.45) is 1.11. The molecule has 0 saturated heterocycles. The zero-order chi connectivity index (χ0) is 16.4. The van der Waals surface area contributed by atoms with E-state index in [1.54, 1.807) is 0 Å². The number of benzene rings is 1. The Kier molecular flexibility index (Phi) is 4.53. The van der Waals surface area contributed by atoms with E-state index >= 15 is 0 Å². The number of carbonyl (C=O) groups excluding carboxylic acids is 1. The summed E-state index contributed by atoms with van der Waals surface area (Å²) in [5, 5.41) is 11.6. The highest BCUT2D eigenvalue weighted by Gasteiger charge is 2.11. The monoisotopic (exact) mass is 346 g/mol. The van der Waals surface area contributed by atoms with Gasteiger partial charge in [0.1, 0.15) is 6.20 Å². The minimum atomic E-state index is -0.325. The van der Waals surface area contributed by atoms with Crippen LogP contribution >= 0.6 is 23.1 Å². The summed E-state index contributed by atoms with van der Waals surface area (Å²) in [7, 11) is 0. The van der Waals surface area contributed by atoms with Crippen molar-refractivity contribution >= 4 is 33.8 Å². The van der Waals surface area contributed by atoms with Crippen molar-refractivity contribution in [2.45, 2.75) is 24.1 Å². The van der Waals surface area contributed by atoms with Crippen LogP contribution in [0.25, 0.3) is 4.96 Å². The van der Waals surface area contributed by atoms with Crippen LogP contribution in [0.2, 0.25) is 0 Å². The largest absolute Gasteiger partial charge is 0.293 e. The Morgan fingerprint density at radius 3 is 2.70 bits per heavy atom. The van der Waals surface area contributed by atoms with Crippen molar-refractivity contribution in [1.29, 1.82) is 0 Å². The summed E-state index contributed by atoms with van der Waals surface area (Å²) >= 11 is 2.54. The first kappa shape index (κ1) is 15.8. The highest BCUT2D eigenvalue weighted by atomic mass is 32.2. The Balaban J connectivity index is 1.70. The van der Waals surface area contributed by atoms with Crippen LogP contribution in [0.15, 0.2) is 39.6 Å². The maximum absolute atomic E-state index is 12.2. The Morgan fingerprint density at radius 2 is 2.04 bits per heavy atom. The molecule has 118 valence electrons. The van der Waals surface area contributed by atoms with Gasteiger partial charge in [-0.25, -0.2) is 0 Å². The molecule has 0 bridgehead atoms. The summed E-state index contributed by atoms with van der Waals surface area (Å²) < 4.78 is 1.82. The topological polar surface area (TPSA) is 77.2 Å². The molecule has 0 aliphatic carbocycles. The number of aromatic nitrogens is 4. The molecular weight excluding hydrogens is 332 g/mol. The van der Waals surface area contributed by atoms with Gasteiger partial charge >= 0.3 is 0 Å². The molecule has 2 aromatic heterocycles. The van der Waals surface area contributed by atoms with Gasteiger partial charge in [0, 0.05) is 5.56 Å². The van der Waals surface area contributed by atoms with Gasteiger partial charge in [-0.1, -0.05) is 61.2 Å². The van der Waals surface area contributed by atoms with Gasteiger partial charge in [0.25, 0.3) is 5.56 Å². The molecule has 0 atom stereocenters. The van der Waals surface area contributed by atoms with E-state index in [9.17, 15) is 9.59 Å². The average molecular weight is 346 g/mol. The molecule has 0 aliphatic heterocycles. The van der Waals surface area contributed by atoms with Gasteiger partial charge < -0.3 is 0 Å². The molecule has 0 aliphatic rings. The second kappa shape index (κ2) is 6.59. The van der Waals surface area contributed by atoms with E-state index in [0.29, 0.717) is 20.8 Å².